The van der Waals surface area contributed by atoms with E-state index in [4.69, 9.17) is 17.0 Å². The Labute approximate surface area is 199 Å². The number of anilines is 1. The van der Waals surface area contributed by atoms with Gasteiger partial charge in [-0.15, -0.1) is 0 Å². The number of nitrogens with one attached hydrogen (secondary N) is 1. The summed E-state index contributed by atoms with van der Waals surface area (Å²) in [6.45, 7) is 4.28. The van der Waals surface area contributed by atoms with E-state index in [1.165, 1.54) is 11.1 Å². The second-order valence-corrected chi connectivity index (χ2v) is 8.63. The van der Waals surface area contributed by atoms with Gasteiger partial charge in [0.05, 0.1) is 24.5 Å². The molecule has 1 N–H and O–H groups in total. The lowest BCUT2D eigenvalue weighted by Crippen LogP contribution is -2.30. The normalized spacial score (nSPS) is 17.8. The number of nitrogens with zero attached hydrogens (tertiary/aromatic N) is 3. The number of rotatable bonds is 5. The monoisotopic (exact) mass is 454 g/mol. The fourth-order valence-corrected chi connectivity index (χ4v) is 4.83. The molecule has 0 bridgehead atoms. The fourth-order valence-electron chi connectivity index (χ4n) is 4.49. The van der Waals surface area contributed by atoms with Gasteiger partial charge in [0, 0.05) is 23.8 Å². The Bertz CT molecular complexity index is 1300. The predicted octanol–water partition coefficient (Wildman–Crippen LogP) is 5.67. The lowest BCUT2D eigenvalue weighted by atomic mass is 10.0. The quantitative estimate of drug-likeness (QED) is 0.393. The van der Waals surface area contributed by atoms with Gasteiger partial charge in [-0.3, -0.25) is 4.98 Å². The molecular formula is C27H26N4OS. The zero-order chi connectivity index (χ0) is 22.9. The lowest BCUT2D eigenvalue weighted by Gasteiger charge is -2.30. The van der Waals surface area contributed by atoms with Gasteiger partial charge in [0.15, 0.2) is 5.11 Å². The van der Waals surface area contributed by atoms with E-state index in [9.17, 15) is 0 Å². The molecule has 2 aromatic carbocycles. The first-order valence-corrected chi connectivity index (χ1v) is 11.4. The average molecular weight is 455 g/mol. The van der Waals surface area contributed by atoms with Crippen LogP contribution in [0.1, 0.15) is 34.6 Å². The maximum atomic E-state index is 5.88. The molecule has 1 fully saturated rings. The minimum absolute atomic E-state index is 0.121. The molecule has 4 aromatic rings. The summed E-state index contributed by atoms with van der Waals surface area (Å²) in [5.41, 5.74) is 6.64. The van der Waals surface area contributed by atoms with Gasteiger partial charge >= 0.3 is 0 Å². The van der Waals surface area contributed by atoms with Crippen molar-refractivity contribution in [1.82, 2.24) is 14.9 Å². The highest BCUT2D eigenvalue weighted by Crippen LogP contribution is 2.44. The Kier molecular flexibility index (Phi) is 5.60. The molecule has 3 heterocycles. The smallest absolute Gasteiger partial charge is 0.174 e. The average Bonchev–Trinajstić information content (AvgIpc) is 3.45. The molecule has 1 saturated heterocycles. The number of benzene rings is 2. The van der Waals surface area contributed by atoms with E-state index < -0.39 is 0 Å². The highest BCUT2D eigenvalue weighted by atomic mass is 32.1. The standard InChI is InChI=1S/C27H26N4OS/c1-18-13-14-20(17-19(18)2)30-16-8-11-23(30)26-25(21-9-6-7-15-28-21)29-27(33)31(26)22-10-4-5-12-24(22)32-3/h4-17,25-26H,1-3H3,(H,29,33). The number of aryl methyl sites for hydroxylation is 2. The van der Waals surface area contributed by atoms with Crippen LogP contribution in [-0.4, -0.2) is 21.8 Å². The number of ether oxygens (including phenoxy) is 1. The van der Waals surface area contributed by atoms with Crippen molar-refractivity contribution in [2.75, 3.05) is 12.0 Å². The van der Waals surface area contributed by atoms with Gasteiger partial charge in [0.25, 0.3) is 0 Å². The van der Waals surface area contributed by atoms with Crippen molar-refractivity contribution in [3.63, 3.8) is 0 Å². The van der Waals surface area contributed by atoms with Crippen molar-refractivity contribution in [3.05, 3.63) is 108 Å². The molecule has 0 amide bonds. The molecule has 0 aliphatic carbocycles. The molecule has 2 unspecified atom stereocenters. The van der Waals surface area contributed by atoms with Gasteiger partial charge in [-0.05, 0) is 85.7 Å². The van der Waals surface area contributed by atoms with Crippen LogP contribution in [0, 0.1) is 13.8 Å². The SMILES string of the molecule is COc1ccccc1N1C(=S)NC(c2ccccn2)C1c1cccn1-c1ccc(C)c(C)c1. The molecule has 1 aliphatic rings. The Balaban J connectivity index is 1.69. The molecule has 2 atom stereocenters. The van der Waals surface area contributed by atoms with Crippen LogP contribution in [0.15, 0.2) is 85.2 Å². The van der Waals surface area contributed by atoms with Crippen LogP contribution in [-0.2, 0) is 0 Å². The van der Waals surface area contributed by atoms with Crippen LogP contribution >= 0.6 is 12.2 Å². The first-order chi connectivity index (χ1) is 16.1. The summed E-state index contributed by atoms with van der Waals surface area (Å²) in [4.78, 5) is 6.82. The maximum absolute atomic E-state index is 5.88. The number of pyridine rings is 1. The van der Waals surface area contributed by atoms with Gasteiger partial charge in [0.1, 0.15) is 11.8 Å². The molecular weight excluding hydrogens is 428 g/mol. The molecule has 2 aromatic heterocycles. The van der Waals surface area contributed by atoms with Crippen LogP contribution in [0.25, 0.3) is 5.69 Å². The van der Waals surface area contributed by atoms with E-state index in [-0.39, 0.29) is 12.1 Å². The highest BCUT2D eigenvalue weighted by molar-refractivity contribution is 7.80. The highest BCUT2D eigenvalue weighted by Gasteiger charge is 2.43. The van der Waals surface area contributed by atoms with E-state index in [1.807, 2.05) is 48.7 Å². The van der Waals surface area contributed by atoms with E-state index in [1.54, 1.807) is 7.11 Å². The van der Waals surface area contributed by atoms with E-state index in [0.717, 1.165) is 28.5 Å². The van der Waals surface area contributed by atoms with E-state index in [0.29, 0.717) is 5.11 Å². The van der Waals surface area contributed by atoms with Crippen LogP contribution in [0.3, 0.4) is 0 Å². The number of thiocarbonyl (C=S) groups is 1. The number of para-hydroxylation sites is 2. The van der Waals surface area contributed by atoms with Crippen LogP contribution in [0.5, 0.6) is 5.75 Å². The van der Waals surface area contributed by atoms with E-state index in [2.05, 4.69) is 70.1 Å². The third-order valence-corrected chi connectivity index (χ3v) is 6.61. The minimum Gasteiger partial charge on any atom is -0.495 e. The zero-order valence-corrected chi connectivity index (χ0v) is 19.7. The predicted molar refractivity (Wildman–Crippen MR) is 136 cm³/mol. The third kappa shape index (κ3) is 3.76. The summed E-state index contributed by atoms with van der Waals surface area (Å²) in [7, 11) is 1.69. The number of hydrogen-bond donors (Lipinski definition) is 1. The molecule has 5 rings (SSSR count). The molecule has 6 heteroatoms. The number of aromatic nitrogens is 2. The molecule has 33 heavy (non-hydrogen) atoms. The summed E-state index contributed by atoms with van der Waals surface area (Å²) in [6.07, 6.45) is 3.93. The van der Waals surface area contributed by atoms with Gasteiger partial charge in [-0.1, -0.05) is 24.3 Å². The van der Waals surface area contributed by atoms with Gasteiger partial charge in [-0.2, -0.15) is 0 Å². The van der Waals surface area contributed by atoms with Crippen LogP contribution in [0.2, 0.25) is 0 Å². The summed E-state index contributed by atoms with van der Waals surface area (Å²) < 4.78 is 7.95. The Morgan fingerprint density at radius 1 is 0.939 bits per heavy atom. The maximum Gasteiger partial charge on any atom is 0.174 e. The van der Waals surface area contributed by atoms with Crippen molar-refractivity contribution < 1.29 is 4.74 Å². The summed E-state index contributed by atoms with van der Waals surface area (Å²) in [5, 5.41) is 4.18. The first-order valence-electron chi connectivity index (χ1n) is 11.0. The summed E-state index contributed by atoms with van der Waals surface area (Å²) >= 11 is 5.88. The van der Waals surface area contributed by atoms with Crippen molar-refractivity contribution in [1.29, 1.82) is 0 Å². The van der Waals surface area contributed by atoms with Crippen LogP contribution in [0.4, 0.5) is 5.69 Å². The van der Waals surface area contributed by atoms with E-state index >= 15 is 0 Å². The second-order valence-electron chi connectivity index (χ2n) is 8.24. The second kappa shape index (κ2) is 8.71. The van der Waals surface area contributed by atoms with Crippen LogP contribution < -0.4 is 15.0 Å². The van der Waals surface area contributed by atoms with Crippen molar-refractivity contribution in [2.45, 2.75) is 25.9 Å². The molecule has 1 aliphatic heterocycles. The fraction of sp³-hybridized carbons (Fsp3) is 0.185. The van der Waals surface area contributed by atoms with Gasteiger partial charge < -0.3 is 19.5 Å². The van der Waals surface area contributed by atoms with Gasteiger partial charge in [-0.25, -0.2) is 0 Å². The summed E-state index contributed by atoms with van der Waals surface area (Å²) in [5.74, 6) is 0.776. The molecule has 0 spiro atoms. The van der Waals surface area contributed by atoms with Crippen molar-refractivity contribution in [2.24, 2.45) is 0 Å². The molecule has 0 saturated carbocycles. The molecule has 5 nitrogen and oxygen atoms in total. The summed E-state index contributed by atoms with van der Waals surface area (Å²) in [6, 6.07) is 24.5. The lowest BCUT2D eigenvalue weighted by molar-refractivity contribution is 0.414. The van der Waals surface area contributed by atoms with Gasteiger partial charge in [0.2, 0.25) is 0 Å². The first kappa shape index (κ1) is 21.2. The third-order valence-electron chi connectivity index (χ3n) is 6.29. The largest absolute Gasteiger partial charge is 0.495 e. The topological polar surface area (TPSA) is 42.3 Å². The van der Waals surface area contributed by atoms with Crippen molar-refractivity contribution in [3.8, 4) is 11.4 Å². The number of methoxy groups -OCH3 is 1. The number of hydrogen-bond acceptors (Lipinski definition) is 3. The molecule has 0 radical (unpaired) electrons. The minimum atomic E-state index is -0.125. The Morgan fingerprint density at radius 2 is 1.76 bits per heavy atom. The zero-order valence-electron chi connectivity index (χ0n) is 18.9. The Morgan fingerprint density at radius 3 is 2.52 bits per heavy atom. The Hall–Kier alpha value is -3.64. The molecule has 166 valence electrons. The van der Waals surface area contributed by atoms with Crippen molar-refractivity contribution >= 4 is 23.0 Å².